The fourth-order valence-corrected chi connectivity index (χ4v) is 2.34. The van der Waals surface area contributed by atoms with E-state index >= 15 is 0 Å². The normalized spacial score (nSPS) is 9.65. The van der Waals surface area contributed by atoms with Crippen LogP contribution in [0.2, 0.25) is 0 Å². The van der Waals surface area contributed by atoms with Crippen molar-refractivity contribution in [3.63, 3.8) is 0 Å². The second kappa shape index (κ2) is 6.70. The number of benzene rings is 1. The Hall–Kier alpha value is -2.36. The minimum Gasteiger partial charge on any atom is -0.481 e. The summed E-state index contributed by atoms with van der Waals surface area (Å²) < 4.78 is 5.50. The van der Waals surface area contributed by atoms with Crippen LogP contribution in [0, 0.1) is 22.0 Å². The molecule has 102 valence electrons. The van der Waals surface area contributed by atoms with Gasteiger partial charge in [0.15, 0.2) is 5.75 Å². The quantitative estimate of drug-likeness (QED) is 0.533. The molecule has 0 fully saturated rings. The van der Waals surface area contributed by atoms with Gasteiger partial charge in [-0.15, -0.1) is 11.3 Å². The van der Waals surface area contributed by atoms with Gasteiger partial charge in [-0.2, -0.15) is 0 Å². The summed E-state index contributed by atoms with van der Waals surface area (Å²) >= 11 is 1.48. The molecule has 0 aliphatic rings. The topological polar surface area (TPSA) is 78.4 Å². The van der Waals surface area contributed by atoms with Gasteiger partial charge in [0.25, 0.3) is 0 Å². The zero-order valence-corrected chi connectivity index (χ0v) is 11.4. The van der Waals surface area contributed by atoms with E-state index in [0.29, 0.717) is 6.54 Å². The number of nitrogens with two attached hydrogens (primary N) is 1. The van der Waals surface area contributed by atoms with Crippen molar-refractivity contribution in [3.05, 3.63) is 56.3 Å². The van der Waals surface area contributed by atoms with Gasteiger partial charge in [-0.05, 0) is 18.2 Å². The van der Waals surface area contributed by atoms with Crippen molar-refractivity contribution in [2.24, 2.45) is 5.73 Å². The first-order chi connectivity index (χ1) is 9.70. The summed E-state index contributed by atoms with van der Waals surface area (Å²) in [4.78, 5) is 12.2. The highest BCUT2D eigenvalue weighted by Gasteiger charge is 2.13. The number of nitro benzene ring substituents is 1. The monoisotopic (exact) mass is 288 g/mol. The number of ether oxygens (including phenoxy) is 1. The maximum Gasteiger partial charge on any atom is 0.310 e. The molecule has 1 aromatic carbocycles. The minimum absolute atomic E-state index is 0.0350. The van der Waals surface area contributed by atoms with Crippen molar-refractivity contribution >= 4 is 17.0 Å². The SMILES string of the molecule is NCC#Cc1ccc(COc2ccccc2[N+](=O)[O-])s1. The Morgan fingerprint density at radius 3 is 2.85 bits per heavy atom. The van der Waals surface area contributed by atoms with Gasteiger partial charge in [0.2, 0.25) is 0 Å². The molecule has 0 amide bonds. The van der Waals surface area contributed by atoms with Crippen LogP contribution in [0.25, 0.3) is 0 Å². The van der Waals surface area contributed by atoms with Crippen LogP contribution in [0.4, 0.5) is 5.69 Å². The number of nitro groups is 1. The summed E-state index contributed by atoms with van der Waals surface area (Å²) in [5.74, 6) is 5.97. The number of para-hydroxylation sites is 2. The van der Waals surface area contributed by atoms with Crippen LogP contribution in [0.15, 0.2) is 36.4 Å². The summed E-state index contributed by atoms with van der Waals surface area (Å²) in [6.45, 7) is 0.597. The van der Waals surface area contributed by atoms with Crippen molar-refractivity contribution in [1.29, 1.82) is 0 Å². The third-order valence-electron chi connectivity index (χ3n) is 2.41. The van der Waals surface area contributed by atoms with Crippen LogP contribution in [0.3, 0.4) is 0 Å². The first-order valence-electron chi connectivity index (χ1n) is 5.84. The summed E-state index contributed by atoms with van der Waals surface area (Å²) in [5, 5.41) is 10.9. The molecule has 2 rings (SSSR count). The van der Waals surface area contributed by atoms with E-state index in [1.807, 2.05) is 12.1 Å². The lowest BCUT2D eigenvalue weighted by molar-refractivity contribution is -0.385. The van der Waals surface area contributed by atoms with Gasteiger partial charge < -0.3 is 10.5 Å². The lowest BCUT2D eigenvalue weighted by atomic mass is 10.3. The highest BCUT2D eigenvalue weighted by molar-refractivity contribution is 7.12. The molecule has 0 radical (unpaired) electrons. The Morgan fingerprint density at radius 2 is 2.10 bits per heavy atom. The lowest BCUT2D eigenvalue weighted by Gasteiger charge is -2.04. The number of nitrogens with zero attached hydrogens (tertiary/aromatic N) is 1. The first-order valence-corrected chi connectivity index (χ1v) is 6.66. The Morgan fingerprint density at radius 1 is 1.30 bits per heavy atom. The van der Waals surface area contributed by atoms with Crippen molar-refractivity contribution < 1.29 is 9.66 Å². The third kappa shape index (κ3) is 3.57. The maximum atomic E-state index is 10.9. The fraction of sp³-hybridized carbons (Fsp3) is 0.143. The van der Waals surface area contributed by atoms with E-state index in [1.165, 1.54) is 17.4 Å². The van der Waals surface area contributed by atoms with Gasteiger partial charge in [0, 0.05) is 10.9 Å². The van der Waals surface area contributed by atoms with Gasteiger partial charge in [0.05, 0.1) is 16.3 Å². The van der Waals surface area contributed by atoms with Crippen molar-refractivity contribution in [1.82, 2.24) is 0 Å². The highest BCUT2D eigenvalue weighted by Crippen LogP contribution is 2.27. The van der Waals surface area contributed by atoms with E-state index in [2.05, 4.69) is 11.8 Å². The molecule has 6 heteroatoms. The third-order valence-corrected chi connectivity index (χ3v) is 3.38. The molecule has 0 spiro atoms. The molecule has 1 aromatic heterocycles. The standard InChI is InChI=1S/C14H12N2O3S/c15-9-3-4-11-7-8-12(20-11)10-19-14-6-2-1-5-13(14)16(17)18/h1-2,5-8H,9-10,15H2. The summed E-state index contributed by atoms with van der Waals surface area (Å²) in [6.07, 6.45) is 0. The molecule has 0 aliphatic heterocycles. The number of hydrogen-bond acceptors (Lipinski definition) is 5. The average molecular weight is 288 g/mol. The molecule has 0 saturated carbocycles. The number of thiophene rings is 1. The highest BCUT2D eigenvalue weighted by atomic mass is 32.1. The molecule has 1 heterocycles. The van der Waals surface area contributed by atoms with Gasteiger partial charge >= 0.3 is 5.69 Å². The molecule has 0 saturated heterocycles. The molecule has 5 nitrogen and oxygen atoms in total. The lowest BCUT2D eigenvalue weighted by Crippen LogP contribution is -1.97. The Kier molecular flexibility index (Phi) is 4.71. The molecule has 0 unspecified atom stereocenters. The maximum absolute atomic E-state index is 10.9. The van der Waals surface area contributed by atoms with Crippen LogP contribution in [-0.4, -0.2) is 11.5 Å². The second-order valence-corrected chi connectivity index (χ2v) is 4.95. The molecule has 0 atom stereocenters. The molecular weight excluding hydrogens is 276 g/mol. The van der Waals surface area contributed by atoms with Gasteiger partial charge in [-0.1, -0.05) is 24.0 Å². The average Bonchev–Trinajstić information content (AvgIpc) is 2.91. The summed E-state index contributed by atoms with van der Waals surface area (Å²) in [5.41, 5.74) is 5.27. The molecular formula is C14H12N2O3S. The van der Waals surface area contributed by atoms with Crippen molar-refractivity contribution in [3.8, 4) is 17.6 Å². The van der Waals surface area contributed by atoms with Crippen molar-refractivity contribution in [2.45, 2.75) is 6.61 Å². The van der Waals surface area contributed by atoms with Crippen molar-refractivity contribution in [2.75, 3.05) is 6.54 Å². The predicted octanol–water partition coefficient (Wildman–Crippen LogP) is 2.55. The first kappa shape index (κ1) is 14.1. The number of hydrogen-bond donors (Lipinski definition) is 1. The van der Waals surface area contributed by atoms with E-state index in [1.54, 1.807) is 18.2 Å². The molecule has 2 aromatic rings. The zero-order valence-electron chi connectivity index (χ0n) is 10.5. The molecule has 0 bridgehead atoms. The van der Waals surface area contributed by atoms with E-state index in [0.717, 1.165) is 9.75 Å². The summed E-state index contributed by atoms with van der Waals surface area (Å²) in [7, 11) is 0. The van der Waals surface area contributed by atoms with E-state index in [9.17, 15) is 10.1 Å². The van der Waals surface area contributed by atoms with Crippen LogP contribution < -0.4 is 10.5 Å². The Labute approximate surface area is 120 Å². The van der Waals surface area contributed by atoms with Crippen LogP contribution in [-0.2, 0) is 6.61 Å². The van der Waals surface area contributed by atoms with Crippen LogP contribution >= 0.6 is 11.3 Å². The van der Waals surface area contributed by atoms with E-state index in [4.69, 9.17) is 10.5 Å². The van der Waals surface area contributed by atoms with Crippen LogP contribution in [0.1, 0.15) is 9.75 Å². The minimum atomic E-state index is -0.456. The van der Waals surface area contributed by atoms with Gasteiger partial charge in [-0.25, -0.2) is 0 Å². The largest absolute Gasteiger partial charge is 0.481 e. The Balaban J connectivity index is 2.05. The van der Waals surface area contributed by atoms with E-state index < -0.39 is 4.92 Å². The van der Waals surface area contributed by atoms with E-state index in [-0.39, 0.29) is 18.0 Å². The predicted molar refractivity (Wildman–Crippen MR) is 77.7 cm³/mol. The molecule has 20 heavy (non-hydrogen) atoms. The molecule has 0 aliphatic carbocycles. The zero-order chi connectivity index (χ0) is 14.4. The fourth-order valence-electron chi connectivity index (χ4n) is 1.54. The van der Waals surface area contributed by atoms with Gasteiger partial charge in [-0.3, -0.25) is 10.1 Å². The van der Waals surface area contributed by atoms with Gasteiger partial charge in [0.1, 0.15) is 6.61 Å². The Bertz CT molecular complexity index is 670. The smallest absolute Gasteiger partial charge is 0.310 e. The second-order valence-electron chi connectivity index (χ2n) is 3.79. The molecule has 2 N–H and O–H groups in total. The number of rotatable bonds is 4. The van der Waals surface area contributed by atoms with Crippen LogP contribution in [0.5, 0.6) is 5.75 Å². The summed E-state index contributed by atoms with van der Waals surface area (Å²) in [6, 6.07) is 10.1.